The Labute approximate surface area is 169 Å². The van der Waals surface area contributed by atoms with E-state index in [4.69, 9.17) is 15.2 Å². The van der Waals surface area contributed by atoms with E-state index in [1.165, 1.54) is 6.92 Å². The molecular weight excluding hydrogens is 368 g/mol. The number of unbranched alkanes of at least 4 members (excludes halogenated alkanes) is 1. The first-order valence-corrected chi connectivity index (χ1v) is 9.47. The van der Waals surface area contributed by atoms with Crippen molar-refractivity contribution >= 4 is 11.9 Å². The van der Waals surface area contributed by atoms with Crippen molar-refractivity contribution in [3.8, 4) is 34.0 Å². The second-order valence-electron chi connectivity index (χ2n) is 6.56. The monoisotopic (exact) mass is 392 g/mol. The lowest BCUT2D eigenvalue weighted by Crippen LogP contribution is -2.06. The normalized spacial score (nSPS) is 10.6. The molecule has 0 radical (unpaired) electrons. The van der Waals surface area contributed by atoms with Crippen LogP contribution >= 0.6 is 0 Å². The summed E-state index contributed by atoms with van der Waals surface area (Å²) >= 11 is 0. The third-order valence-corrected chi connectivity index (χ3v) is 4.44. The number of esters is 1. The van der Waals surface area contributed by atoms with Gasteiger partial charge in [0.25, 0.3) is 0 Å². The number of rotatable bonds is 7. The van der Waals surface area contributed by atoms with E-state index < -0.39 is 5.97 Å². The van der Waals surface area contributed by atoms with Gasteiger partial charge in [-0.05, 0) is 36.6 Å². The van der Waals surface area contributed by atoms with Crippen molar-refractivity contribution in [1.82, 2.24) is 15.0 Å². The Hall–Kier alpha value is -3.48. The van der Waals surface area contributed by atoms with Crippen LogP contribution in [0.3, 0.4) is 0 Å². The van der Waals surface area contributed by atoms with Gasteiger partial charge >= 0.3 is 5.97 Å². The largest absolute Gasteiger partial charge is 0.496 e. The highest BCUT2D eigenvalue weighted by Gasteiger charge is 2.20. The first-order valence-electron chi connectivity index (χ1n) is 9.47. The van der Waals surface area contributed by atoms with Crippen LogP contribution in [0.4, 0.5) is 5.95 Å². The van der Waals surface area contributed by atoms with Gasteiger partial charge in [0.1, 0.15) is 11.5 Å². The van der Waals surface area contributed by atoms with E-state index in [0.717, 1.165) is 24.8 Å². The zero-order valence-corrected chi connectivity index (χ0v) is 16.8. The molecule has 2 N–H and O–H groups in total. The molecule has 7 heteroatoms. The fraction of sp³-hybridized carbons (Fsp3) is 0.273. The zero-order valence-electron chi connectivity index (χ0n) is 16.8. The van der Waals surface area contributed by atoms with Gasteiger partial charge in [0.05, 0.1) is 18.5 Å². The molecule has 2 aromatic heterocycles. The molecule has 0 spiro atoms. The lowest BCUT2D eigenvalue weighted by molar-refractivity contribution is -0.131. The molecule has 3 aromatic rings. The second kappa shape index (κ2) is 9.14. The minimum atomic E-state index is -0.434. The van der Waals surface area contributed by atoms with Gasteiger partial charge in [0.2, 0.25) is 5.95 Å². The number of hydrogen-bond donors (Lipinski definition) is 1. The van der Waals surface area contributed by atoms with Crippen LogP contribution in [0.25, 0.3) is 22.5 Å². The van der Waals surface area contributed by atoms with E-state index in [2.05, 4.69) is 21.9 Å². The number of hydrogen-bond acceptors (Lipinski definition) is 7. The maximum Gasteiger partial charge on any atom is 0.308 e. The van der Waals surface area contributed by atoms with Crippen molar-refractivity contribution in [1.29, 1.82) is 0 Å². The van der Waals surface area contributed by atoms with E-state index >= 15 is 0 Å². The Morgan fingerprint density at radius 3 is 2.62 bits per heavy atom. The van der Waals surface area contributed by atoms with Crippen molar-refractivity contribution in [2.45, 2.75) is 33.1 Å². The van der Waals surface area contributed by atoms with Crippen molar-refractivity contribution in [2.75, 3.05) is 12.8 Å². The zero-order chi connectivity index (χ0) is 20.8. The van der Waals surface area contributed by atoms with E-state index in [1.54, 1.807) is 25.6 Å². The number of anilines is 1. The van der Waals surface area contributed by atoms with Gasteiger partial charge in [-0.3, -0.25) is 9.78 Å². The molecule has 0 fully saturated rings. The summed E-state index contributed by atoms with van der Waals surface area (Å²) in [4.78, 5) is 24.7. The van der Waals surface area contributed by atoms with Crippen molar-refractivity contribution in [2.24, 2.45) is 0 Å². The number of ether oxygens (including phenoxy) is 2. The molecular formula is C22H24N4O3. The molecule has 1 aromatic carbocycles. The predicted octanol–water partition coefficient (Wildman–Crippen LogP) is 4.06. The first kappa shape index (κ1) is 20.3. The smallest absolute Gasteiger partial charge is 0.308 e. The predicted molar refractivity (Wildman–Crippen MR) is 112 cm³/mol. The summed E-state index contributed by atoms with van der Waals surface area (Å²) in [6.07, 6.45) is 6.20. The number of methoxy groups -OCH3 is 1. The number of aryl methyl sites for hydroxylation is 1. The molecule has 0 amide bonds. The summed E-state index contributed by atoms with van der Waals surface area (Å²) in [7, 11) is 1.60. The molecule has 0 atom stereocenters. The van der Waals surface area contributed by atoms with E-state index in [1.807, 2.05) is 24.3 Å². The van der Waals surface area contributed by atoms with Gasteiger partial charge in [-0.15, -0.1) is 0 Å². The fourth-order valence-electron chi connectivity index (χ4n) is 3.09. The van der Waals surface area contributed by atoms with Crippen molar-refractivity contribution in [3.05, 3.63) is 48.3 Å². The summed E-state index contributed by atoms with van der Waals surface area (Å²) in [6.45, 7) is 3.49. The summed E-state index contributed by atoms with van der Waals surface area (Å²) in [5.41, 5.74) is 9.48. The number of nitrogen functional groups attached to an aromatic ring is 1. The average molecular weight is 392 g/mol. The van der Waals surface area contributed by atoms with Gasteiger partial charge in [-0.2, -0.15) is 0 Å². The van der Waals surface area contributed by atoms with Crippen LogP contribution in [-0.2, 0) is 11.2 Å². The fourth-order valence-corrected chi connectivity index (χ4v) is 3.09. The van der Waals surface area contributed by atoms with E-state index in [9.17, 15) is 4.79 Å². The number of nitrogens with two attached hydrogens (primary N) is 1. The first-order chi connectivity index (χ1) is 14.0. The minimum absolute atomic E-state index is 0.124. The molecule has 29 heavy (non-hydrogen) atoms. The Kier molecular flexibility index (Phi) is 6.39. The molecule has 0 unspecified atom stereocenters. The molecule has 150 valence electrons. The maximum absolute atomic E-state index is 11.7. The van der Waals surface area contributed by atoms with Crippen LogP contribution < -0.4 is 15.2 Å². The van der Waals surface area contributed by atoms with Crippen LogP contribution in [0.1, 0.15) is 32.3 Å². The molecule has 3 rings (SSSR count). The SMILES string of the molecule is CCCCc1cc(-c2nc(N)ncc2-c2ccccn2)c(OC(C)=O)cc1OC. The highest BCUT2D eigenvalue weighted by Crippen LogP contribution is 2.40. The third kappa shape index (κ3) is 4.68. The second-order valence-corrected chi connectivity index (χ2v) is 6.56. The molecule has 7 nitrogen and oxygen atoms in total. The number of nitrogens with zero attached hydrogens (tertiary/aromatic N) is 3. The van der Waals surface area contributed by atoms with E-state index in [-0.39, 0.29) is 5.95 Å². The molecule has 0 saturated carbocycles. The van der Waals surface area contributed by atoms with Crippen molar-refractivity contribution < 1.29 is 14.3 Å². The summed E-state index contributed by atoms with van der Waals surface area (Å²) < 4.78 is 11.0. The lowest BCUT2D eigenvalue weighted by atomic mass is 9.98. The molecule has 0 bridgehead atoms. The molecule has 0 aliphatic heterocycles. The van der Waals surface area contributed by atoms with Crippen molar-refractivity contribution in [3.63, 3.8) is 0 Å². The number of carbonyl (C=O) groups is 1. The van der Waals surface area contributed by atoms with Gasteiger partial charge in [-0.1, -0.05) is 19.4 Å². The number of carbonyl (C=O) groups excluding carboxylic acids is 1. The van der Waals surface area contributed by atoms with Gasteiger partial charge in [-0.25, -0.2) is 9.97 Å². The molecule has 0 saturated heterocycles. The Balaban J connectivity index is 2.25. The van der Waals surface area contributed by atoms with Crippen LogP contribution in [0.5, 0.6) is 11.5 Å². The van der Waals surface area contributed by atoms with E-state index in [0.29, 0.717) is 34.0 Å². The number of aromatic nitrogens is 3. The maximum atomic E-state index is 11.7. The Morgan fingerprint density at radius 1 is 1.14 bits per heavy atom. The molecule has 0 aliphatic rings. The summed E-state index contributed by atoms with van der Waals surface area (Å²) in [5.74, 6) is 0.708. The Morgan fingerprint density at radius 2 is 1.97 bits per heavy atom. The van der Waals surface area contributed by atoms with Gasteiger partial charge in [0.15, 0.2) is 0 Å². The van der Waals surface area contributed by atoms with Crippen LogP contribution in [0, 0.1) is 0 Å². The van der Waals surface area contributed by atoms with Gasteiger partial charge in [0, 0.05) is 36.5 Å². The average Bonchev–Trinajstić information content (AvgIpc) is 2.72. The highest BCUT2D eigenvalue weighted by atomic mass is 16.5. The minimum Gasteiger partial charge on any atom is -0.496 e. The Bertz CT molecular complexity index is 1010. The molecule has 2 heterocycles. The topological polar surface area (TPSA) is 100 Å². The number of pyridine rings is 1. The highest BCUT2D eigenvalue weighted by molar-refractivity contribution is 5.85. The summed E-state index contributed by atoms with van der Waals surface area (Å²) in [6, 6.07) is 9.26. The van der Waals surface area contributed by atoms with Crippen LogP contribution in [-0.4, -0.2) is 28.0 Å². The third-order valence-electron chi connectivity index (χ3n) is 4.44. The standard InChI is InChI=1S/C22H24N4O3/c1-4-5-8-15-11-16(20(29-14(2)27)12-19(15)28-3)21-17(13-25-22(23)26-21)18-9-6-7-10-24-18/h6-7,9-13H,4-5,8H2,1-3H3,(H2,23,25,26). The molecule has 0 aliphatic carbocycles. The van der Waals surface area contributed by atoms with Crippen LogP contribution in [0.2, 0.25) is 0 Å². The summed E-state index contributed by atoms with van der Waals surface area (Å²) in [5, 5.41) is 0. The van der Waals surface area contributed by atoms with Gasteiger partial charge < -0.3 is 15.2 Å². The quantitative estimate of drug-likeness (QED) is 0.478. The number of benzene rings is 1. The lowest BCUT2D eigenvalue weighted by Gasteiger charge is -2.17. The van der Waals surface area contributed by atoms with Crippen LogP contribution in [0.15, 0.2) is 42.7 Å².